The molecule has 0 radical (unpaired) electrons. The second kappa shape index (κ2) is 5.53. The van der Waals surface area contributed by atoms with Crippen LogP contribution in [0.2, 0.25) is 0 Å². The lowest BCUT2D eigenvalue weighted by Crippen LogP contribution is -2.36. The van der Waals surface area contributed by atoms with Crippen molar-refractivity contribution in [1.82, 2.24) is 5.32 Å². The molecule has 17 heavy (non-hydrogen) atoms. The Labute approximate surface area is 113 Å². The topological polar surface area (TPSA) is 12.0 Å². The predicted octanol–water partition coefficient (Wildman–Crippen LogP) is 4.16. The Morgan fingerprint density at radius 3 is 2.47 bits per heavy atom. The number of halogens is 1. The Morgan fingerprint density at radius 1 is 1.29 bits per heavy atom. The highest BCUT2D eigenvalue weighted by atomic mass is 79.9. The number of nitrogens with one attached hydrogen (secondary N) is 1. The van der Waals surface area contributed by atoms with Gasteiger partial charge in [-0.3, -0.25) is 0 Å². The van der Waals surface area contributed by atoms with Crippen LogP contribution in [0.3, 0.4) is 0 Å². The smallest absolute Gasteiger partial charge is 0.0175 e. The first-order valence-corrected chi connectivity index (χ1v) is 7.43. The van der Waals surface area contributed by atoms with Crippen LogP contribution >= 0.6 is 15.9 Å². The molecular weight excluding hydrogens is 274 g/mol. The zero-order valence-corrected chi connectivity index (χ0v) is 12.4. The summed E-state index contributed by atoms with van der Waals surface area (Å²) in [7, 11) is 0. The molecule has 0 bridgehead atoms. The number of rotatable bonds is 6. The molecule has 1 saturated carbocycles. The maximum Gasteiger partial charge on any atom is 0.0175 e. The van der Waals surface area contributed by atoms with Gasteiger partial charge in [0.15, 0.2) is 0 Å². The van der Waals surface area contributed by atoms with Gasteiger partial charge in [-0.15, -0.1) is 0 Å². The summed E-state index contributed by atoms with van der Waals surface area (Å²) < 4.78 is 1.17. The molecule has 1 unspecified atom stereocenters. The van der Waals surface area contributed by atoms with Gasteiger partial charge < -0.3 is 5.32 Å². The van der Waals surface area contributed by atoms with Crippen LogP contribution in [-0.4, -0.2) is 12.6 Å². The molecule has 2 heteroatoms. The molecule has 94 valence electrons. The van der Waals surface area contributed by atoms with E-state index in [9.17, 15) is 0 Å². The molecule has 1 N–H and O–H groups in total. The second-order valence-electron chi connectivity index (χ2n) is 5.34. The Morgan fingerprint density at radius 2 is 1.94 bits per heavy atom. The van der Waals surface area contributed by atoms with E-state index in [4.69, 9.17) is 0 Å². The third-order valence-electron chi connectivity index (χ3n) is 3.98. The molecule has 1 aliphatic carbocycles. The number of hydrogen-bond acceptors (Lipinski definition) is 1. The molecule has 0 heterocycles. The van der Waals surface area contributed by atoms with Gasteiger partial charge in [-0.1, -0.05) is 35.0 Å². The Balaban J connectivity index is 1.95. The van der Waals surface area contributed by atoms with Crippen molar-refractivity contribution in [2.75, 3.05) is 6.54 Å². The summed E-state index contributed by atoms with van der Waals surface area (Å²) >= 11 is 3.49. The minimum Gasteiger partial charge on any atom is -0.314 e. The number of hydrogen-bond donors (Lipinski definition) is 1. The normalized spacial score (nSPS) is 19.0. The first-order valence-electron chi connectivity index (χ1n) is 6.64. The summed E-state index contributed by atoms with van der Waals surface area (Å²) in [6.07, 6.45) is 5.19. The van der Waals surface area contributed by atoms with Crippen LogP contribution in [-0.2, 0) is 6.42 Å². The lowest BCUT2D eigenvalue weighted by atomic mass is 9.90. The SMILES string of the molecule is CCCNC(C)C1(Cc2ccc(Br)cc2)CC1. The molecular formula is C15H22BrN. The zero-order valence-electron chi connectivity index (χ0n) is 10.8. The van der Waals surface area contributed by atoms with E-state index in [0.29, 0.717) is 11.5 Å². The van der Waals surface area contributed by atoms with E-state index >= 15 is 0 Å². The van der Waals surface area contributed by atoms with E-state index in [1.807, 2.05) is 0 Å². The fourth-order valence-corrected chi connectivity index (χ4v) is 2.77. The van der Waals surface area contributed by atoms with Crippen LogP contribution in [0, 0.1) is 5.41 Å². The molecule has 1 aromatic rings. The van der Waals surface area contributed by atoms with Gasteiger partial charge in [-0.05, 0) is 62.3 Å². The van der Waals surface area contributed by atoms with Crippen molar-refractivity contribution < 1.29 is 0 Å². The van der Waals surface area contributed by atoms with Crippen molar-refractivity contribution in [3.05, 3.63) is 34.3 Å². The summed E-state index contributed by atoms with van der Waals surface area (Å²) in [6, 6.07) is 9.43. The highest BCUT2D eigenvalue weighted by Gasteiger charge is 2.46. The van der Waals surface area contributed by atoms with Gasteiger partial charge in [0.25, 0.3) is 0 Å². The van der Waals surface area contributed by atoms with Crippen LogP contribution in [0.5, 0.6) is 0 Å². The molecule has 2 rings (SSSR count). The molecule has 0 aromatic heterocycles. The summed E-state index contributed by atoms with van der Waals surface area (Å²) in [5.41, 5.74) is 2.00. The molecule has 0 saturated heterocycles. The van der Waals surface area contributed by atoms with Crippen molar-refractivity contribution in [2.45, 2.75) is 45.6 Å². The van der Waals surface area contributed by atoms with Crippen molar-refractivity contribution in [3.63, 3.8) is 0 Å². The fraction of sp³-hybridized carbons (Fsp3) is 0.600. The molecule has 1 nitrogen and oxygen atoms in total. The van der Waals surface area contributed by atoms with Gasteiger partial charge in [0.2, 0.25) is 0 Å². The van der Waals surface area contributed by atoms with Crippen LogP contribution in [0.25, 0.3) is 0 Å². The van der Waals surface area contributed by atoms with E-state index in [0.717, 1.165) is 6.54 Å². The highest BCUT2D eigenvalue weighted by Crippen LogP contribution is 2.51. The van der Waals surface area contributed by atoms with E-state index in [-0.39, 0.29) is 0 Å². The molecule has 0 spiro atoms. The van der Waals surface area contributed by atoms with Gasteiger partial charge in [0.05, 0.1) is 0 Å². The molecule has 0 amide bonds. The minimum absolute atomic E-state index is 0.531. The zero-order chi connectivity index (χ0) is 12.3. The molecule has 1 atom stereocenters. The maximum absolute atomic E-state index is 3.66. The summed E-state index contributed by atoms with van der Waals surface area (Å²) in [5, 5.41) is 3.66. The van der Waals surface area contributed by atoms with E-state index in [1.54, 1.807) is 0 Å². The van der Waals surface area contributed by atoms with Gasteiger partial charge in [0, 0.05) is 10.5 Å². The third kappa shape index (κ3) is 3.32. The number of benzene rings is 1. The van der Waals surface area contributed by atoms with E-state index < -0.39 is 0 Å². The predicted molar refractivity (Wildman–Crippen MR) is 77.3 cm³/mol. The minimum atomic E-state index is 0.531. The Bertz CT molecular complexity index is 354. The Kier molecular flexibility index (Phi) is 4.26. The highest BCUT2D eigenvalue weighted by molar-refractivity contribution is 9.10. The average molecular weight is 296 g/mol. The Hall–Kier alpha value is -0.340. The summed E-state index contributed by atoms with van der Waals surface area (Å²) in [5.74, 6) is 0. The maximum atomic E-state index is 3.66. The van der Waals surface area contributed by atoms with Gasteiger partial charge in [0.1, 0.15) is 0 Å². The standard InChI is InChI=1S/C15H22BrN/c1-3-10-17-12(2)15(8-9-15)11-13-4-6-14(16)7-5-13/h4-7,12,17H,3,8-11H2,1-2H3. The molecule has 1 aliphatic rings. The van der Waals surface area contributed by atoms with Crippen molar-refractivity contribution in [3.8, 4) is 0 Å². The summed E-state index contributed by atoms with van der Waals surface area (Å²) in [6.45, 7) is 5.72. The first kappa shape index (κ1) is 13.1. The van der Waals surface area contributed by atoms with Gasteiger partial charge in [-0.2, -0.15) is 0 Å². The van der Waals surface area contributed by atoms with E-state index in [1.165, 1.54) is 35.7 Å². The third-order valence-corrected chi connectivity index (χ3v) is 4.51. The quantitative estimate of drug-likeness (QED) is 0.831. The van der Waals surface area contributed by atoms with Crippen LogP contribution in [0.15, 0.2) is 28.7 Å². The van der Waals surface area contributed by atoms with Crippen LogP contribution in [0.1, 0.15) is 38.7 Å². The molecule has 1 fully saturated rings. The molecule has 0 aliphatic heterocycles. The van der Waals surface area contributed by atoms with Gasteiger partial charge in [-0.25, -0.2) is 0 Å². The van der Waals surface area contributed by atoms with Crippen molar-refractivity contribution in [2.24, 2.45) is 5.41 Å². The lowest BCUT2D eigenvalue weighted by Gasteiger charge is -2.24. The fourth-order valence-electron chi connectivity index (χ4n) is 2.51. The average Bonchev–Trinajstić information content (AvgIpc) is 3.10. The van der Waals surface area contributed by atoms with Crippen LogP contribution < -0.4 is 5.32 Å². The van der Waals surface area contributed by atoms with Gasteiger partial charge >= 0.3 is 0 Å². The largest absolute Gasteiger partial charge is 0.314 e. The van der Waals surface area contributed by atoms with Crippen molar-refractivity contribution in [1.29, 1.82) is 0 Å². The first-order chi connectivity index (χ1) is 8.16. The lowest BCUT2D eigenvalue weighted by molar-refractivity contribution is 0.350. The summed E-state index contributed by atoms with van der Waals surface area (Å²) in [4.78, 5) is 0. The van der Waals surface area contributed by atoms with Crippen molar-refractivity contribution >= 4 is 15.9 Å². The van der Waals surface area contributed by atoms with Crippen LogP contribution in [0.4, 0.5) is 0 Å². The second-order valence-corrected chi connectivity index (χ2v) is 6.26. The molecule has 1 aromatic carbocycles. The van der Waals surface area contributed by atoms with E-state index in [2.05, 4.69) is 59.4 Å². The monoisotopic (exact) mass is 295 g/mol.